The van der Waals surface area contributed by atoms with Crippen molar-refractivity contribution in [3.8, 4) is 11.8 Å². The Morgan fingerprint density at radius 1 is 1.33 bits per heavy atom. The van der Waals surface area contributed by atoms with E-state index in [1.165, 1.54) is 0 Å². The predicted molar refractivity (Wildman–Crippen MR) is 82.1 cm³/mol. The lowest BCUT2D eigenvalue weighted by molar-refractivity contribution is 0.0692. The minimum atomic E-state index is -0.160. The van der Waals surface area contributed by atoms with E-state index in [0.29, 0.717) is 37.5 Å². The Hall–Kier alpha value is -1.87. The Morgan fingerprint density at radius 2 is 2.14 bits per heavy atom. The van der Waals surface area contributed by atoms with Crippen molar-refractivity contribution in [2.75, 3.05) is 40.0 Å². The second-order valence-corrected chi connectivity index (χ2v) is 4.42. The van der Waals surface area contributed by atoms with Gasteiger partial charge in [-0.15, -0.1) is 0 Å². The highest BCUT2D eigenvalue weighted by Gasteiger charge is 2.09. The fourth-order valence-corrected chi connectivity index (χ4v) is 1.68. The lowest BCUT2D eigenvalue weighted by Crippen LogP contribution is -2.28. The van der Waals surface area contributed by atoms with E-state index >= 15 is 0 Å². The molecule has 0 spiro atoms. The standard InChI is InChI=1S/C16H22N2O3/c1-13-5-6-15(14(12-13)4-3-7-17)16(19)18-8-9-21-11-10-20-2/h5-6,12H,7-11,17H2,1-2H3,(H,18,19). The van der Waals surface area contributed by atoms with E-state index in [1.807, 2.05) is 19.1 Å². The van der Waals surface area contributed by atoms with E-state index in [9.17, 15) is 4.79 Å². The van der Waals surface area contributed by atoms with Crippen LogP contribution < -0.4 is 11.1 Å². The van der Waals surface area contributed by atoms with Crippen LogP contribution in [0.25, 0.3) is 0 Å². The molecule has 0 aliphatic rings. The van der Waals surface area contributed by atoms with Crippen LogP contribution in [0.2, 0.25) is 0 Å². The lowest BCUT2D eigenvalue weighted by atomic mass is 10.0. The van der Waals surface area contributed by atoms with Crippen LogP contribution in [-0.4, -0.2) is 45.9 Å². The van der Waals surface area contributed by atoms with Crippen molar-refractivity contribution in [1.29, 1.82) is 0 Å². The largest absolute Gasteiger partial charge is 0.382 e. The molecule has 0 heterocycles. The van der Waals surface area contributed by atoms with Crippen molar-refractivity contribution in [2.45, 2.75) is 6.92 Å². The molecule has 1 aromatic rings. The summed E-state index contributed by atoms with van der Waals surface area (Å²) in [6.07, 6.45) is 0. The second-order valence-electron chi connectivity index (χ2n) is 4.42. The number of amides is 1. The van der Waals surface area contributed by atoms with Gasteiger partial charge >= 0.3 is 0 Å². The lowest BCUT2D eigenvalue weighted by Gasteiger charge is -2.08. The summed E-state index contributed by atoms with van der Waals surface area (Å²) in [4.78, 5) is 12.1. The van der Waals surface area contributed by atoms with Gasteiger partial charge in [-0.2, -0.15) is 0 Å². The zero-order valence-electron chi connectivity index (χ0n) is 12.6. The van der Waals surface area contributed by atoms with Gasteiger partial charge in [-0.1, -0.05) is 17.9 Å². The fourth-order valence-electron chi connectivity index (χ4n) is 1.68. The first kappa shape index (κ1) is 17.2. The number of hydrogen-bond donors (Lipinski definition) is 2. The smallest absolute Gasteiger partial charge is 0.252 e. The maximum absolute atomic E-state index is 12.1. The molecule has 0 atom stereocenters. The van der Waals surface area contributed by atoms with Crippen molar-refractivity contribution in [3.63, 3.8) is 0 Å². The highest BCUT2D eigenvalue weighted by molar-refractivity contribution is 5.96. The van der Waals surface area contributed by atoms with Gasteiger partial charge in [-0.3, -0.25) is 4.79 Å². The normalized spacial score (nSPS) is 9.86. The van der Waals surface area contributed by atoms with Crippen molar-refractivity contribution < 1.29 is 14.3 Å². The zero-order chi connectivity index (χ0) is 15.5. The van der Waals surface area contributed by atoms with E-state index in [2.05, 4.69) is 17.2 Å². The second kappa shape index (κ2) is 9.94. The highest BCUT2D eigenvalue weighted by Crippen LogP contribution is 2.10. The first-order valence-electron chi connectivity index (χ1n) is 6.83. The van der Waals surface area contributed by atoms with Gasteiger partial charge in [-0.05, 0) is 24.6 Å². The maximum atomic E-state index is 12.1. The fraction of sp³-hybridized carbons (Fsp3) is 0.438. The summed E-state index contributed by atoms with van der Waals surface area (Å²) in [5.74, 6) is 5.55. The van der Waals surface area contributed by atoms with Crippen molar-refractivity contribution in [2.24, 2.45) is 5.73 Å². The Kier molecular flexibility index (Phi) is 8.14. The van der Waals surface area contributed by atoms with Crippen LogP contribution in [-0.2, 0) is 9.47 Å². The highest BCUT2D eigenvalue weighted by atomic mass is 16.5. The van der Waals surface area contributed by atoms with Gasteiger partial charge in [0.2, 0.25) is 0 Å². The minimum absolute atomic E-state index is 0.160. The summed E-state index contributed by atoms with van der Waals surface area (Å²) >= 11 is 0. The quantitative estimate of drug-likeness (QED) is 0.572. The number of carbonyl (C=O) groups excluding carboxylic acids is 1. The summed E-state index contributed by atoms with van der Waals surface area (Å²) in [6, 6.07) is 5.54. The summed E-state index contributed by atoms with van der Waals surface area (Å²) in [5.41, 5.74) is 7.68. The summed E-state index contributed by atoms with van der Waals surface area (Å²) in [6.45, 7) is 4.18. The van der Waals surface area contributed by atoms with Gasteiger partial charge in [0.05, 0.1) is 31.9 Å². The zero-order valence-corrected chi connectivity index (χ0v) is 12.6. The van der Waals surface area contributed by atoms with Crippen molar-refractivity contribution >= 4 is 5.91 Å². The molecule has 0 saturated heterocycles. The number of nitrogens with two attached hydrogens (primary N) is 1. The average molecular weight is 290 g/mol. The molecule has 0 saturated carbocycles. The molecule has 0 aromatic heterocycles. The molecular weight excluding hydrogens is 268 g/mol. The van der Waals surface area contributed by atoms with E-state index in [0.717, 1.165) is 5.56 Å². The molecule has 5 nitrogen and oxygen atoms in total. The molecule has 0 radical (unpaired) electrons. The van der Waals surface area contributed by atoms with Crippen LogP contribution in [0.4, 0.5) is 0 Å². The van der Waals surface area contributed by atoms with Crippen LogP contribution in [0.5, 0.6) is 0 Å². The van der Waals surface area contributed by atoms with Crippen molar-refractivity contribution in [3.05, 3.63) is 34.9 Å². The predicted octanol–water partition coefficient (Wildman–Crippen LogP) is 0.698. The third-order valence-corrected chi connectivity index (χ3v) is 2.71. The SMILES string of the molecule is COCCOCCNC(=O)c1ccc(C)cc1C#CCN. The van der Waals surface area contributed by atoms with E-state index < -0.39 is 0 Å². The summed E-state index contributed by atoms with van der Waals surface area (Å²) < 4.78 is 10.2. The van der Waals surface area contributed by atoms with E-state index in [1.54, 1.807) is 13.2 Å². The number of carbonyl (C=O) groups is 1. The van der Waals surface area contributed by atoms with Crippen LogP contribution in [0, 0.1) is 18.8 Å². The molecule has 3 N–H and O–H groups in total. The molecule has 0 bridgehead atoms. The third kappa shape index (κ3) is 6.41. The molecule has 0 fully saturated rings. The number of ether oxygens (including phenoxy) is 2. The summed E-state index contributed by atoms with van der Waals surface area (Å²) in [7, 11) is 1.62. The number of methoxy groups -OCH3 is 1. The first-order valence-corrected chi connectivity index (χ1v) is 6.83. The first-order chi connectivity index (χ1) is 10.2. The number of nitrogens with one attached hydrogen (secondary N) is 1. The average Bonchev–Trinajstić information content (AvgIpc) is 2.48. The molecule has 5 heteroatoms. The van der Waals surface area contributed by atoms with Gasteiger partial charge < -0.3 is 20.5 Å². The Morgan fingerprint density at radius 3 is 2.86 bits per heavy atom. The Bertz CT molecular complexity index is 518. The van der Waals surface area contributed by atoms with Gasteiger partial charge in [0.1, 0.15) is 0 Å². The molecule has 0 aliphatic carbocycles. The van der Waals surface area contributed by atoms with Gasteiger partial charge in [0, 0.05) is 19.2 Å². The van der Waals surface area contributed by atoms with Gasteiger partial charge in [-0.25, -0.2) is 0 Å². The molecule has 114 valence electrons. The van der Waals surface area contributed by atoms with Crippen LogP contribution in [0.15, 0.2) is 18.2 Å². The van der Waals surface area contributed by atoms with E-state index in [-0.39, 0.29) is 12.5 Å². The Labute approximate surface area is 125 Å². The third-order valence-electron chi connectivity index (χ3n) is 2.71. The molecule has 21 heavy (non-hydrogen) atoms. The van der Waals surface area contributed by atoms with Crippen molar-refractivity contribution in [1.82, 2.24) is 5.32 Å². The number of rotatable bonds is 7. The monoisotopic (exact) mass is 290 g/mol. The number of benzene rings is 1. The molecule has 1 rings (SSSR count). The number of hydrogen-bond acceptors (Lipinski definition) is 4. The van der Waals surface area contributed by atoms with Crippen LogP contribution in [0.1, 0.15) is 21.5 Å². The van der Waals surface area contributed by atoms with Crippen LogP contribution >= 0.6 is 0 Å². The van der Waals surface area contributed by atoms with Gasteiger partial charge in [0.15, 0.2) is 0 Å². The maximum Gasteiger partial charge on any atom is 0.252 e. The molecule has 1 aromatic carbocycles. The topological polar surface area (TPSA) is 73.6 Å². The molecule has 0 aliphatic heterocycles. The molecule has 0 unspecified atom stereocenters. The van der Waals surface area contributed by atoms with Crippen LogP contribution in [0.3, 0.4) is 0 Å². The van der Waals surface area contributed by atoms with E-state index in [4.69, 9.17) is 15.2 Å². The van der Waals surface area contributed by atoms with Gasteiger partial charge in [0.25, 0.3) is 5.91 Å². The number of aryl methyl sites for hydroxylation is 1. The summed E-state index contributed by atoms with van der Waals surface area (Å²) in [5, 5.41) is 2.81. The molecular formula is C16H22N2O3. The minimum Gasteiger partial charge on any atom is -0.382 e. The Balaban J connectivity index is 2.57. The molecule has 1 amide bonds.